The molecule has 1 aliphatic carbocycles. The van der Waals surface area contributed by atoms with Crippen LogP contribution in [-0.2, 0) is 5.41 Å². The smallest absolute Gasteiger partial charge is 0.191 e. The molecule has 0 aromatic heterocycles. The van der Waals surface area contributed by atoms with Gasteiger partial charge in [-0.05, 0) is 24.8 Å². The number of hydrogen-bond acceptors (Lipinski definition) is 3. The SMILES string of the molecule is c1ccc(C2(CNC3=NCCCN3)CCCC2)cc1. The summed E-state index contributed by atoms with van der Waals surface area (Å²) in [6.07, 6.45) is 6.41. The lowest BCUT2D eigenvalue weighted by Gasteiger charge is -2.31. The first-order valence-electron chi connectivity index (χ1n) is 7.47. The van der Waals surface area contributed by atoms with Gasteiger partial charge >= 0.3 is 0 Å². The molecule has 1 aliphatic heterocycles. The fraction of sp³-hybridized carbons (Fsp3) is 0.562. The molecule has 0 spiro atoms. The topological polar surface area (TPSA) is 36.4 Å². The molecule has 1 aromatic carbocycles. The van der Waals surface area contributed by atoms with Gasteiger partial charge in [0, 0.05) is 25.0 Å². The molecule has 19 heavy (non-hydrogen) atoms. The molecule has 3 rings (SSSR count). The van der Waals surface area contributed by atoms with Crippen LogP contribution in [-0.4, -0.2) is 25.6 Å². The molecule has 3 nitrogen and oxygen atoms in total. The van der Waals surface area contributed by atoms with Gasteiger partial charge in [-0.2, -0.15) is 0 Å². The zero-order valence-corrected chi connectivity index (χ0v) is 11.5. The Bertz CT molecular complexity index is 433. The lowest BCUT2D eigenvalue weighted by atomic mass is 9.79. The summed E-state index contributed by atoms with van der Waals surface area (Å²) in [6, 6.07) is 11.0. The Labute approximate surface area is 115 Å². The predicted octanol–water partition coefficient (Wildman–Crippen LogP) is 2.44. The van der Waals surface area contributed by atoms with Crippen LogP contribution in [0.5, 0.6) is 0 Å². The summed E-state index contributed by atoms with van der Waals surface area (Å²) >= 11 is 0. The standard InChI is InChI=1S/C16H23N3/c1-2-7-14(8-3-1)16(9-4-5-10-16)13-19-15-17-11-6-12-18-15/h1-3,7-8H,4-6,9-13H2,(H2,17,18,19). The van der Waals surface area contributed by atoms with Crippen molar-refractivity contribution in [3.63, 3.8) is 0 Å². The fourth-order valence-corrected chi connectivity index (χ4v) is 3.31. The molecular formula is C16H23N3. The number of nitrogens with one attached hydrogen (secondary N) is 2. The highest BCUT2D eigenvalue weighted by molar-refractivity contribution is 5.80. The van der Waals surface area contributed by atoms with Crippen LogP contribution >= 0.6 is 0 Å². The van der Waals surface area contributed by atoms with E-state index in [0.29, 0.717) is 5.41 Å². The molecule has 0 saturated heterocycles. The quantitative estimate of drug-likeness (QED) is 0.872. The van der Waals surface area contributed by atoms with E-state index < -0.39 is 0 Å². The first-order chi connectivity index (χ1) is 9.39. The Hall–Kier alpha value is -1.51. The summed E-state index contributed by atoms with van der Waals surface area (Å²) in [5.41, 5.74) is 1.79. The lowest BCUT2D eigenvalue weighted by molar-refractivity contribution is 0.430. The van der Waals surface area contributed by atoms with Crippen LogP contribution in [0.15, 0.2) is 35.3 Å². The van der Waals surface area contributed by atoms with Crippen molar-refractivity contribution in [1.82, 2.24) is 10.6 Å². The number of benzene rings is 1. The van der Waals surface area contributed by atoms with Crippen molar-refractivity contribution in [3.05, 3.63) is 35.9 Å². The van der Waals surface area contributed by atoms with Crippen LogP contribution < -0.4 is 10.6 Å². The van der Waals surface area contributed by atoms with Crippen LogP contribution in [0, 0.1) is 0 Å². The van der Waals surface area contributed by atoms with Crippen molar-refractivity contribution in [1.29, 1.82) is 0 Å². The molecule has 0 amide bonds. The average molecular weight is 257 g/mol. The molecule has 0 radical (unpaired) electrons. The number of aliphatic imine (C=N–C) groups is 1. The Morgan fingerprint density at radius 2 is 1.89 bits per heavy atom. The third-order valence-corrected chi connectivity index (χ3v) is 4.44. The maximum absolute atomic E-state index is 4.51. The van der Waals surface area contributed by atoms with Crippen LogP contribution in [0.2, 0.25) is 0 Å². The Morgan fingerprint density at radius 3 is 2.58 bits per heavy atom. The lowest BCUT2D eigenvalue weighted by Crippen LogP contribution is -2.46. The highest BCUT2D eigenvalue weighted by Gasteiger charge is 2.35. The minimum atomic E-state index is 0.308. The minimum absolute atomic E-state index is 0.308. The summed E-state index contributed by atoms with van der Waals surface area (Å²) < 4.78 is 0. The molecule has 1 heterocycles. The molecule has 1 saturated carbocycles. The number of rotatable bonds is 3. The van der Waals surface area contributed by atoms with E-state index in [0.717, 1.165) is 32.0 Å². The second-order valence-electron chi connectivity index (χ2n) is 5.72. The molecule has 3 heteroatoms. The highest BCUT2D eigenvalue weighted by atomic mass is 15.2. The molecule has 0 atom stereocenters. The van der Waals surface area contributed by atoms with Gasteiger partial charge in [-0.15, -0.1) is 0 Å². The van der Waals surface area contributed by atoms with Gasteiger partial charge in [0.15, 0.2) is 5.96 Å². The summed E-state index contributed by atoms with van der Waals surface area (Å²) in [7, 11) is 0. The third kappa shape index (κ3) is 2.75. The van der Waals surface area contributed by atoms with Gasteiger partial charge in [0.25, 0.3) is 0 Å². The van der Waals surface area contributed by atoms with Crippen molar-refractivity contribution in [3.8, 4) is 0 Å². The van der Waals surface area contributed by atoms with Crippen molar-refractivity contribution in [2.75, 3.05) is 19.6 Å². The molecular weight excluding hydrogens is 234 g/mol. The van der Waals surface area contributed by atoms with Crippen molar-refractivity contribution >= 4 is 5.96 Å². The maximum Gasteiger partial charge on any atom is 0.191 e. The number of guanidine groups is 1. The van der Waals surface area contributed by atoms with Gasteiger partial charge in [-0.25, -0.2) is 0 Å². The molecule has 102 valence electrons. The van der Waals surface area contributed by atoms with Crippen molar-refractivity contribution in [2.45, 2.75) is 37.5 Å². The van der Waals surface area contributed by atoms with E-state index in [1.807, 2.05) is 0 Å². The predicted molar refractivity (Wildman–Crippen MR) is 79.5 cm³/mol. The summed E-state index contributed by atoms with van der Waals surface area (Å²) in [6.45, 7) is 3.00. The number of hydrogen-bond donors (Lipinski definition) is 2. The summed E-state index contributed by atoms with van der Waals surface area (Å²) in [5, 5.41) is 6.89. The summed E-state index contributed by atoms with van der Waals surface area (Å²) in [5.74, 6) is 0.994. The Morgan fingerprint density at radius 1 is 1.11 bits per heavy atom. The van der Waals surface area contributed by atoms with E-state index in [1.165, 1.54) is 31.2 Å². The Balaban J connectivity index is 1.72. The largest absolute Gasteiger partial charge is 0.356 e. The highest BCUT2D eigenvalue weighted by Crippen LogP contribution is 2.40. The third-order valence-electron chi connectivity index (χ3n) is 4.44. The van der Waals surface area contributed by atoms with Gasteiger partial charge in [-0.1, -0.05) is 43.2 Å². The van der Waals surface area contributed by atoms with Gasteiger partial charge in [0.05, 0.1) is 0 Å². The Kier molecular flexibility index (Phi) is 3.72. The van der Waals surface area contributed by atoms with Crippen LogP contribution in [0.4, 0.5) is 0 Å². The molecule has 1 fully saturated rings. The minimum Gasteiger partial charge on any atom is -0.356 e. The van der Waals surface area contributed by atoms with Gasteiger partial charge < -0.3 is 10.6 Å². The fourth-order valence-electron chi connectivity index (χ4n) is 3.31. The first-order valence-corrected chi connectivity index (χ1v) is 7.47. The molecule has 0 unspecified atom stereocenters. The molecule has 2 N–H and O–H groups in total. The monoisotopic (exact) mass is 257 g/mol. The van der Waals surface area contributed by atoms with Crippen LogP contribution in [0.1, 0.15) is 37.7 Å². The van der Waals surface area contributed by atoms with Gasteiger partial charge in [0.1, 0.15) is 0 Å². The number of nitrogens with zero attached hydrogens (tertiary/aromatic N) is 1. The van der Waals surface area contributed by atoms with Gasteiger partial charge in [-0.3, -0.25) is 4.99 Å². The maximum atomic E-state index is 4.51. The second-order valence-corrected chi connectivity index (χ2v) is 5.72. The van der Waals surface area contributed by atoms with Crippen LogP contribution in [0.25, 0.3) is 0 Å². The van der Waals surface area contributed by atoms with E-state index in [1.54, 1.807) is 0 Å². The van der Waals surface area contributed by atoms with Crippen molar-refractivity contribution < 1.29 is 0 Å². The molecule has 2 aliphatic rings. The normalized spacial score (nSPS) is 21.6. The average Bonchev–Trinajstić information content (AvgIpc) is 2.97. The van der Waals surface area contributed by atoms with Crippen molar-refractivity contribution in [2.24, 2.45) is 4.99 Å². The van der Waals surface area contributed by atoms with E-state index in [2.05, 4.69) is 46.0 Å². The zero-order valence-electron chi connectivity index (χ0n) is 11.5. The van der Waals surface area contributed by atoms with E-state index >= 15 is 0 Å². The van der Waals surface area contributed by atoms with E-state index in [4.69, 9.17) is 0 Å². The summed E-state index contributed by atoms with van der Waals surface area (Å²) in [4.78, 5) is 4.51. The van der Waals surface area contributed by atoms with Crippen LogP contribution in [0.3, 0.4) is 0 Å². The second kappa shape index (κ2) is 5.64. The molecule has 1 aromatic rings. The van der Waals surface area contributed by atoms with E-state index in [9.17, 15) is 0 Å². The van der Waals surface area contributed by atoms with E-state index in [-0.39, 0.29) is 0 Å². The van der Waals surface area contributed by atoms with Gasteiger partial charge in [0.2, 0.25) is 0 Å². The first kappa shape index (κ1) is 12.5. The zero-order chi connectivity index (χ0) is 13.0. The molecule has 0 bridgehead atoms.